The van der Waals surface area contributed by atoms with Crippen molar-refractivity contribution in [1.82, 2.24) is 5.32 Å². The lowest BCUT2D eigenvalue weighted by molar-refractivity contribution is 0.140. The molecule has 0 aliphatic carbocycles. The zero-order valence-corrected chi connectivity index (χ0v) is 10.6. The van der Waals surface area contributed by atoms with E-state index in [-0.39, 0.29) is 0 Å². The molecule has 1 saturated heterocycles. The first-order chi connectivity index (χ1) is 8.29. The molecule has 1 aliphatic heterocycles. The van der Waals surface area contributed by atoms with Crippen LogP contribution in [0.5, 0.6) is 11.5 Å². The molecule has 0 aromatic heterocycles. The average molecular weight is 235 g/mol. The van der Waals surface area contributed by atoms with Crippen LogP contribution in [0.4, 0.5) is 0 Å². The Kier molecular flexibility index (Phi) is 4.26. The van der Waals surface area contributed by atoms with E-state index in [0.717, 1.165) is 31.0 Å². The maximum absolute atomic E-state index is 6.07. The molecule has 2 atom stereocenters. The van der Waals surface area contributed by atoms with Gasteiger partial charge in [0, 0.05) is 18.5 Å². The molecule has 94 valence electrons. The molecule has 1 aromatic carbocycles. The van der Waals surface area contributed by atoms with Crippen molar-refractivity contribution in [3.05, 3.63) is 24.3 Å². The van der Waals surface area contributed by atoms with Crippen LogP contribution in [0.25, 0.3) is 0 Å². The zero-order chi connectivity index (χ0) is 12.1. The number of ether oxygens (including phenoxy) is 2. The van der Waals surface area contributed by atoms with Gasteiger partial charge in [-0.1, -0.05) is 13.0 Å². The molecule has 3 heteroatoms. The molecule has 0 spiro atoms. The third kappa shape index (κ3) is 3.37. The van der Waals surface area contributed by atoms with Gasteiger partial charge in [-0.05, 0) is 31.5 Å². The minimum atomic E-state index is 0.303. The minimum Gasteiger partial charge on any atom is -0.497 e. The lowest BCUT2D eigenvalue weighted by atomic mass is 10.0. The fourth-order valence-electron chi connectivity index (χ4n) is 2.20. The zero-order valence-electron chi connectivity index (χ0n) is 10.6. The van der Waals surface area contributed by atoms with Gasteiger partial charge in [0.25, 0.3) is 0 Å². The summed E-state index contributed by atoms with van der Waals surface area (Å²) in [6, 6.07) is 7.84. The Balaban J connectivity index is 2.02. The highest BCUT2D eigenvalue weighted by Gasteiger charge is 2.21. The van der Waals surface area contributed by atoms with E-state index in [9.17, 15) is 0 Å². The van der Waals surface area contributed by atoms with Gasteiger partial charge in [-0.3, -0.25) is 0 Å². The fraction of sp³-hybridized carbons (Fsp3) is 0.571. The molecule has 0 amide bonds. The Bertz CT molecular complexity index is 354. The van der Waals surface area contributed by atoms with E-state index in [1.54, 1.807) is 7.11 Å². The van der Waals surface area contributed by atoms with E-state index in [0.29, 0.717) is 12.0 Å². The minimum absolute atomic E-state index is 0.303. The Hall–Kier alpha value is -1.22. The lowest BCUT2D eigenvalue weighted by Gasteiger charge is -2.23. The van der Waals surface area contributed by atoms with Crippen LogP contribution in [0.15, 0.2) is 24.3 Å². The summed E-state index contributed by atoms with van der Waals surface area (Å²) in [5.41, 5.74) is 0. The average Bonchev–Trinajstić information content (AvgIpc) is 2.55. The van der Waals surface area contributed by atoms with Crippen LogP contribution in [-0.2, 0) is 0 Å². The molecular formula is C14H21NO2. The predicted octanol–water partition coefficient (Wildman–Crippen LogP) is 2.46. The quantitative estimate of drug-likeness (QED) is 0.873. The second-order valence-electron chi connectivity index (χ2n) is 4.66. The van der Waals surface area contributed by atoms with E-state index in [2.05, 4.69) is 12.2 Å². The molecule has 1 fully saturated rings. The number of hydrogen-bond donors (Lipinski definition) is 1. The largest absolute Gasteiger partial charge is 0.497 e. The number of hydrogen-bond acceptors (Lipinski definition) is 3. The van der Waals surface area contributed by atoms with E-state index >= 15 is 0 Å². The van der Waals surface area contributed by atoms with Crippen molar-refractivity contribution >= 4 is 0 Å². The van der Waals surface area contributed by atoms with E-state index < -0.39 is 0 Å². The summed E-state index contributed by atoms with van der Waals surface area (Å²) >= 11 is 0. The first kappa shape index (κ1) is 12.2. The molecule has 0 saturated carbocycles. The molecule has 3 nitrogen and oxygen atoms in total. The molecule has 1 N–H and O–H groups in total. The monoisotopic (exact) mass is 235 g/mol. The molecule has 0 radical (unpaired) electrons. The van der Waals surface area contributed by atoms with Crippen LogP contribution < -0.4 is 14.8 Å². The highest BCUT2D eigenvalue weighted by Crippen LogP contribution is 2.24. The lowest BCUT2D eigenvalue weighted by Crippen LogP contribution is -2.29. The molecule has 2 rings (SSSR count). The van der Waals surface area contributed by atoms with Crippen LogP contribution in [-0.4, -0.2) is 26.3 Å². The summed E-state index contributed by atoms with van der Waals surface area (Å²) in [7, 11) is 1.68. The molecular weight excluding hydrogens is 214 g/mol. The summed E-state index contributed by atoms with van der Waals surface area (Å²) in [5, 5.41) is 3.43. The van der Waals surface area contributed by atoms with E-state index in [1.807, 2.05) is 24.3 Å². The van der Waals surface area contributed by atoms with Gasteiger partial charge >= 0.3 is 0 Å². The van der Waals surface area contributed by atoms with Gasteiger partial charge in [0.1, 0.15) is 17.6 Å². The Morgan fingerprint density at radius 2 is 2.12 bits per heavy atom. The van der Waals surface area contributed by atoms with Gasteiger partial charge in [-0.15, -0.1) is 0 Å². The Morgan fingerprint density at radius 3 is 2.94 bits per heavy atom. The fourth-order valence-corrected chi connectivity index (χ4v) is 2.20. The van der Waals surface area contributed by atoms with Crippen molar-refractivity contribution in [1.29, 1.82) is 0 Å². The topological polar surface area (TPSA) is 30.5 Å². The van der Waals surface area contributed by atoms with Crippen LogP contribution in [0, 0.1) is 5.92 Å². The maximum Gasteiger partial charge on any atom is 0.123 e. The summed E-state index contributed by atoms with van der Waals surface area (Å²) in [6.07, 6.45) is 2.60. The number of nitrogens with one attached hydrogen (secondary N) is 1. The first-order valence-corrected chi connectivity index (χ1v) is 6.31. The summed E-state index contributed by atoms with van der Waals surface area (Å²) < 4.78 is 11.3. The van der Waals surface area contributed by atoms with Crippen LogP contribution >= 0.6 is 0 Å². The molecule has 0 bridgehead atoms. The van der Waals surface area contributed by atoms with Gasteiger partial charge in [-0.2, -0.15) is 0 Å². The standard InChI is InChI=1S/C14H21NO2/c1-11-10-15-8-4-7-14(11)17-13-6-3-5-12(9-13)16-2/h3,5-6,9,11,14-15H,4,7-8,10H2,1-2H3. The second-order valence-corrected chi connectivity index (χ2v) is 4.66. The number of rotatable bonds is 3. The predicted molar refractivity (Wildman–Crippen MR) is 68.7 cm³/mol. The van der Waals surface area contributed by atoms with Crippen molar-refractivity contribution in [3.63, 3.8) is 0 Å². The normalized spacial score (nSPS) is 25.1. The van der Waals surface area contributed by atoms with Gasteiger partial charge in [0.2, 0.25) is 0 Å². The summed E-state index contributed by atoms with van der Waals surface area (Å²) in [5.74, 6) is 2.30. The van der Waals surface area contributed by atoms with Gasteiger partial charge in [0.15, 0.2) is 0 Å². The Labute approximate surface area is 103 Å². The molecule has 1 aromatic rings. The van der Waals surface area contributed by atoms with Crippen molar-refractivity contribution in [3.8, 4) is 11.5 Å². The third-order valence-corrected chi connectivity index (χ3v) is 3.27. The van der Waals surface area contributed by atoms with Crippen molar-refractivity contribution < 1.29 is 9.47 Å². The molecule has 2 unspecified atom stereocenters. The molecule has 17 heavy (non-hydrogen) atoms. The van der Waals surface area contributed by atoms with E-state index in [4.69, 9.17) is 9.47 Å². The van der Waals surface area contributed by atoms with Crippen LogP contribution in [0.1, 0.15) is 19.8 Å². The highest BCUT2D eigenvalue weighted by molar-refractivity contribution is 5.33. The molecule has 1 heterocycles. The third-order valence-electron chi connectivity index (χ3n) is 3.27. The van der Waals surface area contributed by atoms with Crippen molar-refractivity contribution in [2.24, 2.45) is 5.92 Å². The Morgan fingerprint density at radius 1 is 1.29 bits per heavy atom. The molecule has 1 aliphatic rings. The second kappa shape index (κ2) is 5.92. The van der Waals surface area contributed by atoms with E-state index in [1.165, 1.54) is 6.42 Å². The number of benzene rings is 1. The first-order valence-electron chi connectivity index (χ1n) is 6.31. The summed E-state index contributed by atoms with van der Waals surface area (Å²) in [6.45, 7) is 4.38. The van der Waals surface area contributed by atoms with Crippen LogP contribution in [0.2, 0.25) is 0 Å². The van der Waals surface area contributed by atoms with Gasteiger partial charge in [-0.25, -0.2) is 0 Å². The smallest absolute Gasteiger partial charge is 0.123 e. The maximum atomic E-state index is 6.07. The SMILES string of the molecule is COc1cccc(OC2CCCNCC2C)c1. The number of methoxy groups -OCH3 is 1. The van der Waals surface area contributed by atoms with Gasteiger partial charge < -0.3 is 14.8 Å². The van der Waals surface area contributed by atoms with Crippen LogP contribution in [0.3, 0.4) is 0 Å². The highest BCUT2D eigenvalue weighted by atomic mass is 16.5. The van der Waals surface area contributed by atoms with Gasteiger partial charge in [0.05, 0.1) is 7.11 Å². The van der Waals surface area contributed by atoms with Crippen molar-refractivity contribution in [2.45, 2.75) is 25.9 Å². The van der Waals surface area contributed by atoms with Crippen molar-refractivity contribution in [2.75, 3.05) is 20.2 Å². The summed E-state index contributed by atoms with van der Waals surface area (Å²) in [4.78, 5) is 0.